The number of hydrogen-bond acceptors (Lipinski definition) is 4. The molecule has 1 N–H and O–H groups in total. The summed E-state index contributed by atoms with van der Waals surface area (Å²) in [5.41, 5.74) is 2.80. The van der Waals surface area contributed by atoms with Crippen molar-refractivity contribution in [3.8, 4) is 0 Å². The third-order valence-electron chi connectivity index (χ3n) is 3.44. The van der Waals surface area contributed by atoms with Crippen LogP contribution in [-0.2, 0) is 0 Å². The van der Waals surface area contributed by atoms with E-state index in [2.05, 4.69) is 15.3 Å². The standard InChI is InChI=1S/C17H11ClN4/c18-11-9-19-17(20-10-11)22-16-12-5-1-3-7-14(12)21-15-8-4-2-6-13(15)16/h1-10H,(H,19,20,21,22). The highest BCUT2D eigenvalue weighted by Gasteiger charge is 2.09. The number of hydrogen-bond donors (Lipinski definition) is 1. The summed E-state index contributed by atoms with van der Waals surface area (Å²) in [6.07, 6.45) is 3.14. The van der Waals surface area contributed by atoms with Crippen molar-refractivity contribution in [3.63, 3.8) is 0 Å². The van der Waals surface area contributed by atoms with E-state index in [1.54, 1.807) is 12.4 Å². The molecule has 0 saturated carbocycles. The lowest BCUT2D eigenvalue weighted by Gasteiger charge is -2.11. The van der Waals surface area contributed by atoms with E-state index in [1.165, 1.54) is 0 Å². The molecule has 2 heterocycles. The van der Waals surface area contributed by atoms with Gasteiger partial charge in [-0.1, -0.05) is 48.0 Å². The SMILES string of the molecule is Clc1cnc(Nc2c3ccccc3nc3ccccc23)nc1. The molecular weight excluding hydrogens is 296 g/mol. The highest BCUT2D eigenvalue weighted by molar-refractivity contribution is 6.30. The zero-order chi connectivity index (χ0) is 14.9. The summed E-state index contributed by atoms with van der Waals surface area (Å²) in [6.45, 7) is 0. The van der Waals surface area contributed by atoms with E-state index in [-0.39, 0.29) is 0 Å². The number of nitrogens with one attached hydrogen (secondary N) is 1. The van der Waals surface area contributed by atoms with Gasteiger partial charge >= 0.3 is 0 Å². The van der Waals surface area contributed by atoms with E-state index >= 15 is 0 Å². The van der Waals surface area contributed by atoms with Crippen LogP contribution in [0.1, 0.15) is 0 Å². The number of fused-ring (bicyclic) bond motifs is 2. The molecule has 0 atom stereocenters. The zero-order valence-electron chi connectivity index (χ0n) is 11.5. The molecular formula is C17H11ClN4. The Kier molecular flexibility index (Phi) is 3.09. The maximum absolute atomic E-state index is 5.84. The van der Waals surface area contributed by atoms with Crippen LogP contribution < -0.4 is 5.32 Å². The van der Waals surface area contributed by atoms with Crippen LogP contribution in [0.15, 0.2) is 60.9 Å². The van der Waals surface area contributed by atoms with E-state index in [4.69, 9.17) is 16.6 Å². The van der Waals surface area contributed by atoms with Crippen molar-refractivity contribution < 1.29 is 0 Å². The monoisotopic (exact) mass is 306 g/mol. The first-order valence-electron chi connectivity index (χ1n) is 6.83. The Bertz CT molecular complexity index is 913. The first-order chi connectivity index (χ1) is 10.8. The van der Waals surface area contributed by atoms with Gasteiger partial charge in [0.15, 0.2) is 0 Å². The molecule has 0 amide bonds. The molecule has 4 nitrogen and oxygen atoms in total. The maximum Gasteiger partial charge on any atom is 0.227 e. The largest absolute Gasteiger partial charge is 0.323 e. The van der Waals surface area contributed by atoms with E-state index < -0.39 is 0 Å². The van der Waals surface area contributed by atoms with Crippen LogP contribution in [0, 0.1) is 0 Å². The number of nitrogens with zero attached hydrogens (tertiary/aromatic N) is 3. The van der Waals surface area contributed by atoms with Gasteiger partial charge in [0.1, 0.15) is 0 Å². The normalized spacial score (nSPS) is 11.0. The number of benzene rings is 2. The van der Waals surface area contributed by atoms with Gasteiger partial charge in [0.05, 0.1) is 34.1 Å². The number of aromatic nitrogens is 3. The second-order valence-corrected chi connectivity index (χ2v) is 5.31. The summed E-state index contributed by atoms with van der Waals surface area (Å²) in [5, 5.41) is 5.86. The highest BCUT2D eigenvalue weighted by atomic mass is 35.5. The van der Waals surface area contributed by atoms with Crippen LogP contribution in [-0.4, -0.2) is 15.0 Å². The van der Waals surface area contributed by atoms with Crippen molar-refractivity contribution >= 4 is 45.0 Å². The summed E-state index contributed by atoms with van der Waals surface area (Å²) in [5.74, 6) is 0.505. The number of rotatable bonds is 2. The summed E-state index contributed by atoms with van der Waals surface area (Å²) in [6, 6.07) is 16.0. The molecule has 0 fully saturated rings. The molecule has 4 rings (SSSR count). The van der Waals surface area contributed by atoms with Gasteiger partial charge < -0.3 is 5.32 Å². The van der Waals surface area contributed by atoms with Crippen molar-refractivity contribution in [2.24, 2.45) is 0 Å². The molecule has 0 saturated heterocycles. The van der Waals surface area contributed by atoms with Crippen molar-refractivity contribution in [3.05, 3.63) is 65.9 Å². The third-order valence-corrected chi connectivity index (χ3v) is 3.64. The zero-order valence-corrected chi connectivity index (χ0v) is 12.2. The summed E-state index contributed by atoms with van der Waals surface area (Å²) >= 11 is 5.84. The molecule has 0 radical (unpaired) electrons. The molecule has 0 unspecified atom stereocenters. The molecule has 22 heavy (non-hydrogen) atoms. The first-order valence-corrected chi connectivity index (χ1v) is 7.21. The summed E-state index contributed by atoms with van der Waals surface area (Å²) in [4.78, 5) is 13.1. The molecule has 0 aliphatic rings. The van der Waals surface area contributed by atoms with Gasteiger partial charge in [-0.25, -0.2) is 15.0 Å². The molecule has 0 aliphatic heterocycles. The smallest absolute Gasteiger partial charge is 0.227 e. The Morgan fingerprint density at radius 3 is 1.91 bits per heavy atom. The molecule has 0 bridgehead atoms. The predicted octanol–water partition coefficient (Wildman–Crippen LogP) is 4.58. The lowest BCUT2D eigenvalue weighted by atomic mass is 10.1. The molecule has 2 aromatic heterocycles. The minimum atomic E-state index is 0.505. The second-order valence-electron chi connectivity index (χ2n) is 4.87. The topological polar surface area (TPSA) is 50.7 Å². The predicted molar refractivity (Wildman–Crippen MR) is 89.6 cm³/mol. The molecule has 0 aliphatic carbocycles. The Hall–Kier alpha value is -2.72. The van der Waals surface area contributed by atoms with Crippen molar-refractivity contribution in [2.75, 3.05) is 5.32 Å². The van der Waals surface area contributed by atoms with Crippen LogP contribution >= 0.6 is 11.6 Å². The van der Waals surface area contributed by atoms with Crippen LogP contribution in [0.4, 0.5) is 11.6 Å². The fourth-order valence-corrected chi connectivity index (χ4v) is 2.56. The first kappa shape index (κ1) is 13.0. The highest BCUT2D eigenvalue weighted by Crippen LogP contribution is 2.32. The Morgan fingerprint density at radius 2 is 1.32 bits per heavy atom. The van der Waals surface area contributed by atoms with Crippen molar-refractivity contribution in [1.82, 2.24) is 15.0 Å². The van der Waals surface area contributed by atoms with Gasteiger partial charge in [-0.3, -0.25) is 0 Å². The Morgan fingerprint density at radius 1 is 0.773 bits per heavy atom. The van der Waals surface area contributed by atoms with Crippen molar-refractivity contribution in [1.29, 1.82) is 0 Å². The fraction of sp³-hybridized carbons (Fsp3) is 0. The second kappa shape index (κ2) is 5.24. The van der Waals surface area contributed by atoms with E-state index in [9.17, 15) is 0 Å². The molecule has 4 aromatic rings. The van der Waals surface area contributed by atoms with Gasteiger partial charge in [-0.05, 0) is 12.1 Å². The number of anilines is 2. The van der Waals surface area contributed by atoms with E-state index in [1.807, 2.05) is 48.5 Å². The Labute approximate surface area is 131 Å². The van der Waals surface area contributed by atoms with E-state index in [0.717, 1.165) is 27.5 Å². The van der Waals surface area contributed by atoms with E-state index in [0.29, 0.717) is 11.0 Å². The lowest BCUT2D eigenvalue weighted by molar-refractivity contribution is 1.17. The van der Waals surface area contributed by atoms with Gasteiger partial charge in [-0.15, -0.1) is 0 Å². The van der Waals surface area contributed by atoms with Gasteiger partial charge in [-0.2, -0.15) is 0 Å². The molecule has 5 heteroatoms. The average Bonchev–Trinajstić information content (AvgIpc) is 2.56. The van der Waals surface area contributed by atoms with Crippen LogP contribution in [0.5, 0.6) is 0 Å². The molecule has 106 valence electrons. The van der Waals surface area contributed by atoms with Gasteiger partial charge in [0.25, 0.3) is 0 Å². The summed E-state index contributed by atoms with van der Waals surface area (Å²) in [7, 11) is 0. The molecule has 0 spiro atoms. The lowest BCUT2D eigenvalue weighted by Crippen LogP contribution is -1.99. The average molecular weight is 307 g/mol. The van der Waals surface area contributed by atoms with Crippen LogP contribution in [0.2, 0.25) is 5.02 Å². The van der Waals surface area contributed by atoms with Gasteiger partial charge in [0.2, 0.25) is 5.95 Å². The quantitative estimate of drug-likeness (QED) is 0.551. The maximum atomic E-state index is 5.84. The number of halogens is 1. The minimum absolute atomic E-state index is 0.505. The summed E-state index contributed by atoms with van der Waals surface area (Å²) < 4.78 is 0. The van der Waals surface area contributed by atoms with Gasteiger partial charge in [0, 0.05) is 10.8 Å². The third kappa shape index (κ3) is 2.23. The molecule has 2 aromatic carbocycles. The minimum Gasteiger partial charge on any atom is -0.323 e. The Balaban J connectivity index is 1.97. The van der Waals surface area contributed by atoms with Crippen LogP contribution in [0.25, 0.3) is 21.8 Å². The number of pyridine rings is 1. The van der Waals surface area contributed by atoms with Crippen molar-refractivity contribution in [2.45, 2.75) is 0 Å². The van der Waals surface area contributed by atoms with Crippen LogP contribution in [0.3, 0.4) is 0 Å². The number of para-hydroxylation sites is 2. The fourth-order valence-electron chi connectivity index (χ4n) is 2.46.